The Kier molecular flexibility index (Phi) is 6.58. The van der Waals surface area contributed by atoms with E-state index in [0.29, 0.717) is 38.2 Å². The molecule has 4 aromatic rings. The molecule has 0 aliphatic heterocycles. The Hall–Kier alpha value is -3.48. The van der Waals surface area contributed by atoms with Gasteiger partial charge in [-0.1, -0.05) is 29.3 Å². The summed E-state index contributed by atoms with van der Waals surface area (Å²) >= 11 is 12.1. The molecule has 0 aliphatic rings. The molecule has 0 saturated carbocycles. The van der Waals surface area contributed by atoms with E-state index in [1.165, 1.54) is 6.26 Å². The SMILES string of the molecule is Cc1cc(Oc2coc3cc(OCC(=O)Nc4cccc(Cl)c4)ccc3c2=O)cc(C)c1Cl. The van der Waals surface area contributed by atoms with E-state index in [9.17, 15) is 9.59 Å². The maximum absolute atomic E-state index is 12.9. The molecule has 0 saturated heterocycles. The average molecular weight is 484 g/mol. The van der Waals surface area contributed by atoms with Crippen molar-refractivity contribution < 1.29 is 18.7 Å². The second kappa shape index (κ2) is 9.57. The van der Waals surface area contributed by atoms with Crippen LogP contribution in [0.2, 0.25) is 10.0 Å². The van der Waals surface area contributed by atoms with E-state index in [4.69, 9.17) is 37.1 Å². The van der Waals surface area contributed by atoms with Crippen molar-refractivity contribution in [3.8, 4) is 17.2 Å². The van der Waals surface area contributed by atoms with Crippen molar-refractivity contribution in [1.29, 1.82) is 0 Å². The molecule has 0 fully saturated rings. The Morgan fingerprint density at radius 1 is 1.00 bits per heavy atom. The molecule has 6 nitrogen and oxygen atoms in total. The predicted molar refractivity (Wildman–Crippen MR) is 129 cm³/mol. The number of hydrogen-bond acceptors (Lipinski definition) is 5. The van der Waals surface area contributed by atoms with Crippen LogP contribution in [0.5, 0.6) is 17.2 Å². The van der Waals surface area contributed by atoms with Gasteiger partial charge < -0.3 is 19.2 Å². The molecule has 1 heterocycles. The van der Waals surface area contributed by atoms with Gasteiger partial charge in [-0.05, 0) is 67.4 Å². The number of nitrogens with one attached hydrogen (secondary N) is 1. The Labute approximate surface area is 199 Å². The standard InChI is InChI=1S/C25H19Cl2NO5/c1-14-8-19(9-15(2)24(14)27)33-22-12-32-21-11-18(6-7-20(21)25(22)30)31-13-23(29)28-17-5-3-4-16(26)10-17/h3-12H,13H2,1-2H3,(H,28,29). The van der Waals surface area contributed by atoms with Gasteiger partial charge in [0.25, 0.3) is 5.91 Å². The van der Waals surface area contributed by atoms with Gasteiger partial charge in [0.2, 0.25) is 11.2 Å². The molecule has 1 amide bonds. The van der Waals surface area contributed by atoms with Crippen LogP contribution in [-0.2, 0) is 4.79 Å². The molecule has 3 aromatic carbocycles. The average Bonchev–Trinajstić information content (AvgIpc) is 2.78. The summed E-state index contributed by atoms with van der Waals surface area (Å²) in [5.41, 5.74) is 2.24. The van der Waals surface area contributed by atoms with Crippen LogP contribution in [0.25, 0.3) is 11.0 Å². The van der Waals surface area contributed by atoms with Crippen molar-refractivity contribution in [2.45, 2.75) is 13.8 Å². The van der Waals surface area contributed by atoms with Gasteiger partial charge in [-0.2, -0.15) is 0 Å². The summed E-state index contributed by atoms with van der Waals surface area (Å²) in [6.45, 7) is 3.50. The van der Waals surface area contributed by atoms with Crippen molar-refractivity contribution in [1.82, 2.24) is 0 Å². The number of fused-ring (bicyclic) bond motifs is 1. The summed E-state index contributed by atoms with van der Waals surface area (Å²) in [7, 11) is 0. The highest BCUT2D eigenvalue weighted by molar-refractivity contribution is 6.32. The molecule has 0 radical (unpaired) electrons. The van der Waals surface area contributed by atoms with Crippen LogP contribution >= 0.6 is 23.2 Å². The minimum atomic E-state index is -0.351. The van der Waals surface area contributed by atoms with Crippen LogP contribution < -0.4 is 20.2 Å². The Bertz CT molecular complexity index is 1390. The fourth-order valence-electron chi connectivity index (χ4n) is 3.26. The van der Waals surface area contributed by atoms with E-state index in [1.807, 2.05) is 13.8 Å². The van der Waals surface area contributed by atoms with Crippen molar-refractivity contribution in [3.05, 3.63) is 92.3 Å². The van der Waals surface area contributed by atoms with Gasteiger partial charge in [-0.15, -0.1) is 0 Å². The van der Waals surface area contributed by atoms with Crippen LogP contribution in [0.15, 0.2) is 70.1 Å². The number of hydrogen-bond donors (Lipinski definition) is 1. The fourth-order valence-corrected chi connectivity index (χ4v) is 3.55. The van der Waals surface area contributed by atoms with E-state index >= 15 is 0 Å². The van der Waals surface area contributed by atoms with E-state index in [1.54, 1.807) is 54.6 Å². The van der Waals surface area contributed by atoms with Gasteiger partial charge in [0.15, 0.2) is 6.61 Å². The zero-order valence-electron chi connectivity index (χ0n) is 17.8. The third-order valence-corrected chi connectivity index (χ3v) is 5.66. The first-order chi connectivity index (χ1) is 15.8. The number of carbonyl (C=O) groups excluding carboxylic acids is 1. The lowest BCUT2D eigenvalue weighted by molar-refractivity contribution is -0.118. The van der Waals surface area contributed by atoms with E-state index < -0.39 is 0 Å². The first kappa shape index (κ1) is 22.7. The van der Waals surface area contributed by atoms with Crippen LogP contribution in [0.1, 0.15) is 11.1 Å². The van der Waals surface area contributed by atoms with Gasteiger partial charge >= 0.3 is 0 Å². The van der Waals surface area contributed by atoms with Crippen molar-refractivity contribution in [2.75, 3.05) is 11.9 Å². The van der Waals surface area contributed by atoms with Crippen molar-refractivity contribution in [2.24, 2.45) is 0 Å². The molecule has 0 spiro atoms. The lowest BCUT2D eigenvalue weighted by atomic mass is 10.1. The van der Waals surface area contributed by atoms with Gasteiger partial charge in [-0.25, -0.2) is 0 Å². The summed E-state index contributed by atoms with van der Waals surface area (Å²) in [6.07, 6.45) is 1.25. The molecular weight excluding hydrogens is 465 g/mol. The third-order valence-electron chi connectivity index (χ3n) is 4.83. The van der Waals surface area contributed by atoms with Crippen LogP contribution in [0, 0.1) is 13.8 Å². The zero-order valence-corrected chi connectivity index (χ0v) is 19.3. The summed E-state index contributed by atoms with van der Waals surface area (Å²) in [6, 6.07) is 15.0. The molecule has 1 aromatic heterocycles. The zero-order chi connectivity index (χ0) is 23.5. The summed E-state index contributed by atoms with van der Waals surface area (Å²) in [4.78, 5) is 25.0. The van der Waals surface area contributed by atoms with Gasteiger partial charge in [-0.3, -0.25) is 9.59 Å². The summed E-state index contributed by atoms with van der Waals surface area (Å²) in [5, 5.41) is 4.19. The molecule has 0 unspecified atom stereocenters. The smallest absolute Gasteiger partial charge is 0.262 e. The number of halogens is 2. The first-order valence-electron chi connectivity index (χ1n) is 9.98. The third kappa shape index (κ3) is 5.30. The first-order valence-corrected chi connectivity index (χ1v) is 10.7. The Morgan fingerprint density at radius 3 is 2.48 bits per heavy atom. The summed E-state index contributed by atoms with van der Waals surface area (Å²) < 4.78 is 16.9. The number of rotatable bonds is 6. The molecule has 4 rings (SSSR count). The molecule has 8 heteroatoms. The van der Waals surface area contributed by atoms with Crippen LogP contribution in [-0.4, -0.2) is 12.5 Å². The van der Waals surface area contributed by atoms with E-state index in [0.717, 1.165) is 11.1 Å². The molecule has 33 heavy (non-hydrogen) atoms. The van der Waals surface area contributed by atoms with Crippen molar-refractivity contribution >= 4 is 45.8 Å². The number of anilines is 1. The number of ether oxygens (including phenoxy) is 2. The minimum absolute atomic E-state index is 0.0539. The Balaban J connectivity index is 1.47. The maximum atomic E-state index is 12.9. The largest absolute Gasteiger partial charge is 0.484 e. The number of aryl methyl sites for hydroxylation is 2. The highest BCUT2D eigenvalue weighted by Crippen LogP contribution is 2.29. The molecule has 168 valence electrons. The molecule has 0 aliphatic carbocycles. The number of carbonyl (C=O) groups is 1. The second-order valence-corrected chi connectivity index (χ2v) is 8.22. The van der Waals surface area contributed by atoms with E-state index in [2.05, 4.69) is 5.32 Å². The quantitative estimate of drug-likeness (QED) is 0.337. The normalized spacial score (nSPS) is 10.8. The minimum Gasteiger partial charge on any atom is -0.484 e. The van der Waals surface area contributed by atoms with Crippen molar-refractivity contribution in [3.63, 3.8) is 0 Å². The van der Waals surface area contributed by atoms with Gasteiger partial charge in [0, 0.05) is 21.8 Å². The van der Waals surface area contributed by atoms with Crippen LogP contribution in [0.4, 0.5) is 5.69 Å². The van der Waals surface area contributed by atoms with Gasteiger partial charge in [0.1, 0.15) is 23.3 Å². The Morgan fingerprint density at radius 2 is 1.76 bits per heavy atom. The molecular formula is C25H19Cl2NO5. The van der Waals surface area contributed by atoms with E-state index in [-0.39, 0.29) is 23.7 Å². The summed E-state index contributed by atoms with van der Waals surface area (Å²) in [5.74, 6) is 0.575. The molecule has 1 N–H and O–H groups in total. The highest BCUT2D eigenvalue weighted by Gasteiger charge is 2.12. The maximum Gasteiger partial charge on any atom is 0.262 e. The lowest BCUT2D eigenvalue weighted by Gasteiger charge is -2.10. The second-order valence-electron chi connectivity index (χ2n) is 7.41. The molecule has 0 bridgehead atoms. The molecule has 0 atom stereocenters. The number of benzene rings is 3. The van der Waals surface area contributed by atoms with Gasteiger partial charge in [0.05, 0.1) is 5.39 Å². The topological polar surface area (TPSA) is 77.8 Å². The predicted octanol–water partition coefficient (Wildman–Crippen LogP) is 6.53. The number of amides is 1. The lowest BCUT2D eigenvalue weighted by Crippen LogP contribution is -2.20. The fraction of sp³-hybridized carbons (Fsp3) is 0.120. The monoisotopic (exact) mass is 483 g/mol. The highest BCUT2D eigenvalue weighted by atomic mass is 35.5. The van der Waals surface area contributed by atoms with Crippen LogP contribution in [0.3, 0.4) is 0 Å².